The lowest BCUT2D eigenvalue weighted by Gasteiger charge is -2.10. The topological polar surface area (TPSA) is 109 Å². The molecule has 0 saturated carbocycles. The summed E-state index contributed by atoms with van der Waals surface area (Å²) in [7, 11) is -3.90. The number of amides is 2. The molecule has 0 unspecified atom stereocenters. The number of rotatable bonds is 5. The van der Waals surface area contributed by atoms with Crippen molar-refractivity contribution in [3.8, 4) is 11.3 Å². The van der Waals surface area contributed by atoms with Crippen LogP contribution < -0.4 is 9.73 Å². The van der Waals surface area contributed by atoms with Gasteiger partial charge in [0, 0.05) is 12.5 Å². The Hall–Kier alpha value is -3.98. The molecule has 1 N–H and O–H groups in total. The first-order chi connectivity index (χ1) is 15.2. The van der Waals surface area contributed by atoms with Crippen LogP contribution in [0.15, 0.2) is 86.7 Å². The number of benzene rings is 2. The summed E-state index contributed by atoms with van der Waals surface area (Å²) < 4.78 is 31.9. The second-order valence-electron chi connectivity index (χ2n) is 7.08. The Labute approximate surface area is 184 Å². The summed E-state index contributed by atoms with van der Waals surface area (Å²) in [6.45, 7) is 2.89. The predicted molar refractivity (Wildman–Crippen MR) is 120 cm³/mol. The third kappa shape index (κ3) is 4.23. The standard InChI is InChI=1S/C23H19N3O5S/c1-15-21(23(28)26(24-15)18-6-4-3-5-7-18)14-19-10-13-22(31-19)17-8-11-20(12-9-17)32(29,30)25-16(2)27/h3-14H,1-2H3,(H,25,27)/b21-14-. The van der Waals surface area contributed by atoms with Crippen molar-refractivity contribution in [1.29, 1.82) is 0 Å². The number of hydrazone groups is 1. The van der Waals surface area contributed by atoms with Crippen LogP contribution in [0.3, 0.4) is 0 Å². The van der Waals surface area contributed by atoms with Crippen molar-refractivity contribution in [3.63, 3.8) is 0 Å². The molecule has 0 spiro atoms. The maximum atomic E-state index is 12.8. The van der Waals surface area contributed by atoms with Gasteiger partial charge in [0.05, 0.1) is 21.9 Å². The zero-order valence-corrected chi connectivity index (χ0v) is 18.1. The molecule has 1 aliphatic rings. The van der Waals surface area contributed by atoms with Gasteiger partial charge in [-0.15, -0.1) is 0 Å². The number of carbonyl (C=O) groups is 2. The molecule has 162 valence electrons. The molecule has 0 radical (unpaired) electrons. The van der Waals surface area contributed by atoms with E-state index in [1.54, 1.807) is 49.4 Å². The molecule has 1 aromatic heterocycles. The van der Waals surface area contributed by atoms with E-state index in [-0.39, 0.29) is 10.8 Å². The second kappa shape index (κ2) is 8.27. The van der Waals surface area contributed by atoms with E-state index in [1.807, 2.05) is 22.9 Å². The van der Waals surface area contributed by atoms with Gasteiger partial charge in [-0.25, -0.2) is 13.1 Å². The third-order valence-electron chi connectivity index (χ3n) is 4.70. The van der Waals surface area contributed by atoms with Crippen LogP contribution in [0.4, 0.5) is 5.69 Å². The van der Waals surface area contributed by atoms with Crippen molar-refractivity contribution < 1.29 is 22.4 Å². The number of para-hydroxylation sites is 1. The van der Waals surface area contributed by atoms with Gasteiger partial charge in [0.2, 0.25) is 5.91 Å². The van der Waals surface area contributed by atoms with Crippen LogP contribution in [0.2, 0.25) is 0 Å². The average Bonchev–Trinajstić information content (AvgIpc) is 3.34. The molecular formula is C23H19N3O5S. The highest BCUT2D eigenvalue weighted by Crippen LogP contribution is 2.28. The Morgan fingerprint density at radius 1 is 1.03 bits per heavy atom. The molecular weight excluding hydrogens is 430 g/mol. The summed E-state index contributed by atoms with van der Waals surface area (Å²) in [5, 5.41) is 5.69. The SMILES string of the molecule is CC(=O)NS(=O)(=O)c1ccc(-c2ccc(/C=C3\C(=O)N(c4ccccc4)N=C3C)o2)cc1. The van der Waals surface area contributed by atoms with Crippen LogP contribution in [0.5, 0.6) is 0 Å². The van der Waals surface area contributed by atoms with E-state index in [2.05, 4.69) is 5.10 Å². The van der Waals surface area contributed by atoms with E-state index >= 15 is 0 Å². The number of nitrogens with one attached hydrogen (secondary N) is 1. The first-order valence-electron chi connectivity index (χ1n) is 9.65. The van der Waals surface area contributed by atoms with Gasteiger partial charge in [-0.1, -0.05) is 18.2 Å². The Morgan fingerprint density at radius 3 is 2.38 bits per heavy atom. The van der Waals surface area contributed by atoms with Crippen molar-refractivity contribution in [2.75, 3.05) is 5.01 Å². The van der Waals surface area contributed by atoms with E-state index in [0.29, 0.717) is 34.1 Å². The number of carbonyl (C=O) groups excluding carboxylic acids is 2. The van der Waals surface area contributed by atoms with Gasteiger partial charge in [-0.2, -0.15) is 10.1 Å². The number of hydrogen-bond donors (Lipinski definition) is 1. The fraction of sp³-hybridized carbons (Fsp3) is 0.0870. The molecule has 2 aromatic carbocycles. The number of hydrogen-bond acceptors (Lipinski definition) is 6. The second-order valence-corrected chi connectivity index (χ2v) is 8.77. The van der Waals surface area contributed by atoms with Crippen LogP contribution in [0, 0.1) is 0 Å². The van der Waals surface area contributed by atoms with Gasteiger partial charge in [-0.05, 0) is 61.5 Å². The van der Waals surface area contributed by atoms with Crippen molar-refractivity contribution in [3.05, 3.63) is 78.1 Å². The minimum Gasteiger partial charge on any atom is -0.457 e. The first-order valence-corrected chi connectivity index (χ1v) is 11.1. The Bertz CT molecular complexity index is 1350. The van der Waals surface area contributed by atoms with Gasteiger partial charge in [0.25, 0.3) is 15.9 Å². The summed E-state index contributed by atoms with van der Waals surface area (Å²) in [4.78, 5) is 23.9. The van der Waals surface area contributed by atoms with Gasteiger partial charge in [0.15, 0.2) is 0 Å². The van der Waals surface area contributed by atoms with Crippen molar-refractivity contribution in [2.24, 2.45) is 5.10 Å². The van der Waals surface area contributed by atoms with E-state index in [4.69, 9.17) is 4.42 Å². The Morgan fingerprint density at radius 2 is 1.72 bits per heavy atom. The molecule has 0 aliphatic carbocycles. The van der Waals surface area contributed by atoms with E-state index in [0.717, 1.165) is 6.92 Å². The zero-order valence-electron chi connectivity index (χ0n) is 17.3. The Kier molecular flexibility index (Phi) is 5.50. The maximum Gasteiger partial charge on any atom is 0.280 e. The normalized spacial score (nSPS) is 15.2. The molecule has 1 aliphatic heterocycles. The van der Waals surface area contributed by atoms with Gasteiger partial charge in [-0.3, -0.25) is 9.59 Å². The first kappa shape index (κ1) is 21.3. The quantitative estimate of drug-likeness (QED) is 0.599. The molecule has 9 heteroatoms. The molecule has 0 bridgehead atoms. The van der Waals surface area contributed by atoms with E-state index in [1.165, 1.54) is 17.1 Å². The molecule has 2 heterocycles. The summed E-state index contributed by atoms with van der Waals surface area (Å²) in [5.74, 6) is 0.0473. The predicted octanol–water partition coefficient (Wildman–Crippen LogP) is 3.58. The molecule has 4 rings (SSSR count). The average molecular weight is 449 g/mol. The van der Waals surface area contributed by atoms with E-state index in [9.17, 15) is 18.0 Å². The summed E-state index contributed by atoms with van der Waals surface area (Å²) in [6.07, 6.45) is 1.63. The molecule has 0 atom stereocenters. The zero-order chi connectivity index (χ0) is 22.9. The minimum atomic E-state index is -3.90. The monoisotopic (exact) mass is 449 g/mol. The highest BCUT2D eigenvalue weighted by Gasteiger charge is 2.29. The molecule has 2 amide bonds. The lowest BCUT2D eigenvalue weighted by atomic mass is 10.1. The lowest BCUT2D eigenvalue weighted by Crippen LogP contribution is -2.28. The van der Waals surface area contributed by atoms with Crippen molar-refractivity contribution in [1.82, 2.24) is 4.72 Å². The number of anilines is 1. The van der Waals surface area contributed by atoms with Crippen LogP contribution in [-0.4, -0.2) is 25.9 Å². The number of nitrogens with zero attached hydrogens (tertiary/aromatic N) is 2. The fourth-order valence-electron chi connectivity index (χ4n) is 3.20. The summed E-state index contributed by atoms with van der Waals surface area (Å²) in [5.41, 5.74) is 2.32. The molecule has 3 aromatic rings. The fourth-order valence-corrected chi connectivity index (χ4v) is 4.19. The van der Waals surface area contributed by atoms with Crippen LogP contribution in [-0.2, 0) is 19.6 Å². The highest BCUT2D eigenvalue weighted by molar-refractivity contribution is 7.90. The third-order valence-corrected chi connectivity index (χ3v) is 6.15. The smallest absolute Gasteiger partial charge is 0.280 e. The molecule has 0 fully saturated rings. The van der Waals surface area contributed by atoms with Crippen molar-refractivity contribution in [2.45, 2.75) is 18.7 Å². The number of sulfonamides is 1. The molecule has 8 nitrogen and oxygen atoms in total. The molecule has 32 heavy (non-hydrogen) atoms. The van der Waals surface area contributed by atoms with Gasteiger partial charge < -0.3 is 4.42 Å². The lowest BCUT2D eigenvalue weighted by molar-refractivity contribution is -0.117. The van der Waals surface area contributed by atoms with Crippen LogP contribution in [0.1, 0.15) is 19.6 Å². The van der Waals surface area contributed by atoms with Gasteiger partial charge >= 0.3 is 0 Å². The molecule has 0 saturated heterocycles. The summed E-state index contributed by atoms with van der Waals surface area (Å²) in [6, 6.07) is 18.5. The highest BCUT2D eigenvalue weighted by atomic mass is 32.2. The van der Waals surface area contributed by atoms with Crippen LogP contribution >= 0.6 is 0 Å². The maximum absolute atomic E-state index is 12.8. The van der Waals surface area contributed by atoms with Gasteiger partial charge in [0.1, 0.15) is 11.5 Å². The minimum absolute atomic E-state index is 0.0326. The largest absolute Gasteiger partial charge is 0.457 e. The van der Waals surface area contributed by atoms with E-state index < -0.39 is 15.9 Å². The van der Waals surface area contributed by atoms with Crippen LogP contribution in [0.25, 0.3) is 17.4 Å². The van der Waals surface area contributed by atoms with Crippen molar-refractivity contribution >= 4 is 39.3 Å². The number of furan rings is 1. The Balaban J connectivity index is 1.56. The summed E-state index contributed by atoms with van der Waals surface area (Å²) >= 11 is 0.